The first-order chi connectivity index (χ1) is 12.5. The molecule has 0 fully saturated rings. The lowest BCUT2D eigenvalue weighted by Crippen LogP contribution is -2.19. The average Bonchev–Trinajstić information content (AvgIpc) is 2.61. The summed E-state index contributed by atoms with van der Waals surface area (Å²) in [6.07, 6.45) is 0. The molecule has 1 heterocycles. The van der Waals surface area contributed by atoms with E-state index in [1.807, 2.05) is 30.3 Å². The molecule has 3 rings (SSSR count). The molecule has 0 aliphatic carbocycles. The second-order valence-electron chi connectivity index (χ2n) is 5.25. The Balaban J connectivity index is 1.87. The second-order valence-corrected chi connectivity index (χ2v) is 7.64. The topological polar surface area (TPSA) is 54.9 Å². The number of rotatable bonds is 5. The first-order valence-corrected chi connectivity index (χ1v) is 9.50. The number of carbonyl (C=O) groups is 1. The Labute approximate surface area is 169 Å². The molecule has 132 valence electrons. The molecule has 0 aliphatic heterocycles. The number of benzene rings is 2. The first kappa shape index (κ1) is 19.0. The maximum absolute atomic E-state index is 12.9. The number of carbonyl (C=O) groups excluding carboxylic acids is 1. The van der Waals surface area contributed by atoms with Gasteiger partial charge in [-0.15, -0.1) is 10.2 Å². The van der Waals surface area contributed by atoms with Crippen molar-refractivity contribution in [2.24, 2.45) is 0 Å². The zero-order valence-electron chi connectivity index (χ0n) is 13.2. The van der Waals surface area contributed by atoms with Gasteiger partial charge < -0.3 is 5.32 Å². The van der Waals surface area contributed by atoms with Gasteiger partial charge in [-0.05, 0) is 35.9 Å². The highest BCUT2D eigenvalue weighted by Gasteiger charge is 2.23. The molecular weight excluding hydrogens is 413 g/mol. The van der Waals surface area contributed by atoms with Crippen molar-refractivity contribution in [1.82, 2.24) is 10.2 Å². The van der Waals surface area contributed by atoms with Gasteiger partial charge in [0.15, 0.2) is 5.15 Å². The van der Waals surface area contributed by atoms with E-state index in [9.17, 15) is 4.79 Å². The van der Waals surface area contributed by atoms with Gasteiger partial charge >= 0.3 is 0 Å². The van der Waals surface area contributed by atoms with Crippen molar-refractivity contribution in [2.45, 2.75) is 10.3 Å². The van der Waals surface area contributed by atoms with Crippen LogP contribution in [0.25, 0.3) is 0 Å². The van der Waals surface area contributed by atoms with Gasteiger partial charge in [-0.2, -0.15) is 0 Å². The summed E-state index contributed by atoms with van der Waals surface area (Å²) in [7, 11) is 0. The summed E-state index contributed by atoms with van der Waals surface area (Å²) in [5, 5.41) is 11.9. The number of anilines is 1. The van der Waals surface area contributed by atoms with Crippen LogP contribution in [0.3, 0.4) is 0 Å². The third kappa shape index (κ3) is 5.11. The lowest BCUT2D eigenvalue weighted by Gasteiger charge is -2.16. The molecule has 3 aromatic rings. The maximum atomic E-state index is 12.9. The van der Waals surface area contributed by atoms with Crippen LogP contribution in [0.4, 0.5) is 5.69 Å². The Morgan fingerprint density at radius 2 is 1.62 bits per heavy atom. The van der Waals surface area contributed by atoms with Crippen LogP contribution >= 0.6 is 46.6 Å². The molecule has 0 unspecified atom stereocenters. The van der Waals surface area contributed by atoms with Crippen LogP contribution in [0.15, 0.2) is 65.7 Å². The van der Waals surface area contributed by atoms with Crippen molar-refractivity contribution in [3.8, 4) is 0 Å². The van der Waals surface area contributed by atoms with Gasteiger partial charge in [0.1, 0.15) is 10.3 Å². The number of thioether (sulfide) groups is 1. The molecule has 1 N–H and O–H groups in total. The fraction of sp³-hybridized carbons (Fsp3) is 0.0556. The SMILES string of the molecule is O=C(Nc1cc(Cl)cc(Cl)c1)[C@@H](Sc1ccc(Cl)nn1)c1ccccc1. The summed E-state index contributed by atoms with van der Waals surface area (Å²) < 4.78 is 0. The van der Waals surface area contributed by atoms with Gasteiger partial charge in [-0.1, -0.05) is 76.9 Å². The number of amides is 1. The Kier molecular flexibility index (Phi) is 6.38. The van der Waals surface area contributed by atoms with E-state index in [1.54, 1.807) is 30.3 Å². The molecule has 4 nitrogen and oxygen atoms in total. The zero-order valence-corrected chi connectivity index (χ0v) is 16.3. The Bertz CT molecular complexity index is 887. The van der Waals surface area contributed by atoms with E-state index in [1.165, 1.54) is 11.8 Å². The lowest BCUT2D eigenvalue weighted by molar-refractivity contribution is -0.115. The van der Waals surface area contributed by atoms with E-state index in [-0.39, 0.29) is 5.91 Å². The quantitative estimate of drug-likeness (QED) is 0.517. The van der Waals surface area contributed by atoms with Gasteiger partial charge in [0, 0.05) is 15.7 Å². The standard InChI is InChI=1S/C18H12Cl3N3OS/c19-12-8-13(20)10-14(9-12)22-18(25)17(11-4-2-1-3-5-11)26-16-7-6-15(21)23-24-16/h1-10,17H,(H,22,25)/t17-/m0/s1. The van der Waals surface area contributed by atoms with Crippen LogP contribution in [0.2, 0.25) is 15.2 Å². The number of hydrogen-bond acceptors (Lipinski definition) is 4. The number of hydrogen-bond donors (Lipinski definition) is 1. The first-order valence-electron chi connectivity index (χ1n) is 7.49. The van der Waals surface area contributed by atoms with Crippen LogP contribution in [0, 0.1) is 0 Å². The van der Waals surface area contributed by atoms with Crippen LogP contribution in [0.1, 0.15) is 10.8 Å². The highest BCUT2D eigenvalue weighted by Crippen LogP contribution is 2.35. The highest BCUT2D eigenvalue weighted by molar-refractivity contribution is 8.00. The molecule has 1 atom stereocenters. The van der Waals surface area contributed by atoms with Crippen molar-refractivity contribution in [1.29, 1.82) is 0 Å². The molecule has 0 radical (unpaired) electrons. The fourth-order valence-corrected chi connectivity index (χ4v) is 3.78. The van der Waals surface area contributed by atoms with Crippen LogP contribution in [0.5, 0.6) is 0 Å². The lowest BCUT2D eigenvalue weighted by atomic mass is 10.1. The van der Waals surface area contributed by atoms with E-state index < -0.39 is 5.25 Å². The van der Waals surface area contributed by atoms with Gasteiger partial charge in [-0.3, -0.25) is 4.79 Å². The minimum absolute atomic E-state index is 0.226. The van der Waals surface area contributed by atoms with E-state index >= 15 is 0 Å². The van der Waals surface area contributed by atoms with E-state index in [0.717, 1.165) is 5.56 Å². The summed E-state index contributed by atoms with van der Waals surface area (Å²) in [5.41, 5.74) is 1.36. The van der Waals surface area contributed by atoms with E-state index in [0.29, 0.717) is 25.9 Å². The minimum atomic E-state index is -0.538. The highest BCUT2D eigenvalue weighted by atomic mass is 35.5. The fourth-order valence-electron chi connectivity index (χ4n) is 2.22. The van der Waals surface area contributed by atoms with Crippen LogP contribution < -0.4 is 5.32 Å². The molecular formula is C18H12Cl3N3OS. The van der Waals surface area contributed by atoms with Crippen molar-refractivity contribution in [3.05, 3.63) is 81.4 Å². The van der Waals surface area contributed by atoms with Gasteiger partial charge in [-0.25, -0.2) is 0 Å². The second kappa shape index (κ2) is 8.73. The predicted octanol–water partition coefficient (Wildman–Crippen LogP) is 5.91. The predicted molar refractivity (Wildman–Crippen MR) is 107 cm³/mol. The average molecular weight is 425 g/mol. The van der Waals surface area contributed by atoms with E-state index in [4.69, 9.17) is 34.8 Å². The number of nitrogens with zero attached hydrogens (tertiary/aromatic N) is 2. The molecule has 1 amide bonds. The maximum Gasteiger partial charge on any atom is 0.242 e. The normalized spacial score (nSPS) is 11.8. The number of nitrogens with one attached hydrogen (secondary N) is 1. The molecule has 2 aromatic carbocycles. The van der Waals surface area contributed by atoms with Crippen LogP contribution in [-0.4, -0.2) is 16.1 Å². The van der Waals surface area contributed by atoms with Crippen molar-refractivity contribution in [2.75, 3.05) is 5.32 Å². The zero-order chi connectivity index (χ0) is 18.5. The third-order valence-electron chi connectivity index (χ3n) is 3.32. The molecule has 26 heavy (non-hydrogen) atoms. The minimum Gasteiger partial charge on any atom is -0.325 e. The van der Waals surface area contributed by atoms with Crippen molar-refractivity contribution >= 4 is 58.2 Å². The summed E-state index contributed by atoms with van der Waals surface area (Å²) in [4.78, 5) is 12.9. The van der Waals surface area contributed by atoms with E-state index in [2.05, 4.69) is 15.5 Å². The van der Waals surface area contributed by atoms with Gasteiger partial charge in [0.25, 0.3) is 0 Å². The Morgan fingerprint density at radius 3 is 2.23 bits per heavy atom. The molecule has 0 saturated carbocycles. The summed E-state index contributed by atoms with van der Waals surface area (Å²) in [6.45, 7) is 0. The van der Waals surface area contributed by atoms with Gasteiger partial charge in [0.2, 0.25) is 5.91 Å². The molecule has 1 aromatic heterocycles. The molecule has 0 saturated heterocycles. The third-order valence-corrected chi connectivity index (χ3v) is 5.14. The molecule has 0 aliphatic rings. The summed E-state index contributed by atoms with van der Waals surface area (Å²) in [6, 6.07) is 17.6. The van der Waals surface area contributed by atoms with Gasteiger partial charge in [0.05, 0.1) is 0 Å². The molecule has 0 spiro atoms. The Hall–Kier alpha value is -1.79. The largest absolute Gasteiger partial charge is 0.325 e. The number of halogens is 3. The Morgan fingerprint density at radius 1 is 0.923 bits per heavy atom. The summed E-state index contributed by atoms with van der Waals surface area (Å²) in [5.74, 6) is -0.226. The van der Waals surface area contributed by atoms with Crippen molar-refractivity contribution in [3.63, 3.8) is 0 Å². The van der Waals surface area contributed by atoms with Crippen LogP contribution in [-0.2, 0) is 4.79 Å². The number of aromatic nitrogens is 2. The smallest absolute Gasteiger partial charge is 0.242 e. The summed E-state index contributed by atoms with van der Waals surface area (Å²) >= 11 is 19.1. The molecule has 8 heteroatoms. The molecule has 0 bridgehead atoms. The van der Waals surface area contributed by atoms with Crippen molar-refractivity contribution < 1.29 is 4.79 Å². The monoisotopic (exact) mass is 423 g/mol.